The summed E-state index contributed by atoms with van der Waals surface area (Å²) in [7, 11) is -1.77. The fourth-order valence-electron chi connectivity index (χ4n) is 2.07. The van der Waals surface area contributed by atoms with Gasteiger partial charge in [-0.05, 0) is 44.0 Å². The molecule has 0 fully saturated rings. The molecular weight excluding hydrogens is 248 g/mol. The Labute approximate surface area is 110 Å². The number of aryl methyl sites for hydroxylation is 1. The van der Waals surface area contributed by atoms with E-state index in [0.717, 1.165) is 18.6 Å². The van der Waals surface area contributed by atoms with Crippen LogP contribution in [0.2, 0.25) is 13.1 Å². The highest BCUT2D eigenvalue weighted by atomic mass is 35.5. The molecule has 0 radical (unpaired) electrons. The van der Waals surface area contributed by atoms with Gasteiger partial charge in [0.15, 0.2) is 0 Å². The minimum absolute atomic E-state index is 0.631. The van der Waals surface area contributed by atoms with Crippen LogP contribution >= 0.6 is 11.6 Å². The van der Waals surface area contributed by atoms with E-state index >= 15 is 0 Å². The number of hydrogen-bond acceptors (Lipinski definition) is 1. The van der Waals surface area contributed by atoms with E-state index in [1.165, 1.54) is 16.7 Å². The SMILES string of the molecule is CC1=C(O[Si](C)(C)CCl)c2ccccc2CC1. The molecule has 0 aromatic heterocycles. The van der Waals surface area contributed by atoms with Crippen LogP contribution < -0.4 is 0 Å². The molecule has 0 amide bonds. The minimum atomic E-state index is -1.77. The fourth-order valence-corrected chi connectivity index (χ4v) is 3.13. The predicted octanol–water partition coefficient (Wildman–Crippen LogP) is 4.36. The van der Waals surface area contributed by atoms with Crippen LogP contribution in [0.25, 0.3) is 5.76 Å². The van der Waals surface area contributed by atoms with Crippen molar-refractivity contribution in [2.45, 2.75) is 32.9 Å². The number of hydrogen-bond donors (Lipinski definition) is 0. The lowest BCUT2D eigenvalue weighted by Gasteiger charge is -2.29. The van der Waals surface area contributed by atoms with Crippen LogP contribution in [-0.2, 0) is 10.8 Å². The molecule has 1 aromatic carbocycles. The van der Waals surface area contributed by atoms with Crippen molar-refractivity contribution < 1.29 is 4.43 Å². The molecule has 0 aliphatic heterocycles. The lowest BCUT2D eigenvalue weighted by atomic mass is 9.91. The molecule has 0 N–H and O–H groups in total. The van der Waals surface area contributed by atoms with Gasteiger partial charge in [-0.15, -0.1) is 11.6 Å². The topological polar surface area (TPSA) is 9.23 Å². The zero-order valence-electron chi connectivity index (χ0n) is 10.7. The molecule has 0 unspecified atom stereocenters. The molecule has 0 spiro atoms. The van der Waals surface area contributed by atoms with Crippen LogP contribution in [0.5, 0.6) is 0 Å². The Morgan fingerprint density at radius 2 is 1.94 bits per heavy atom. The lowest BCUT2D eigenvalue weighted by Crippen LogP contribution is -2.33. The Morgan fingerprint density at radius 3 is 2.65 bits per heavy atom. The van der Waals surface area contributed by atoms with Gasteiger partial charge in [-0.1, -0.05) is 24.3 Å². The van der Waals surface area contributed by atoms with Crippen molar-refractivity contribution in [2.75, 3.05) is 5.50 Å². The van der Waals surface area contributed by atoms with E-state index in [1.54, 1.807) is 0 Å². The van der Waals surface area contributed by atoms with Crippen molar-refractivity contribution in [2.24, 2.45) is 0 Å². The van der Waals surface area contributed by atoms with Crippen molar-refractivity contribution >= 4 is 25.7 Å². The maximum absolute atomic E-state index is 6.25. The van der Waals surface area contributed by atoms with Crippen LogP contribution in [0.4, 0.5) is 0 Å². The first-order valence-electron chi connectivity index (χ1n) is 6.06. The van der Waals surface area contributed by atoms with Crippen LogP contribution in [0.3, 0.4) is 0 Å². The molecule has 2 rings (SSSR count). The number of alkyl halides is 1. The molecular formula is C14H19ClOSi. The van der Waals surface area contributed by atoms with Gasteiger partial charge in [-0.25, -0.2) is 0 Å². The van der Waals surface area contributed by atoms with Gasteiger partial charge in [0.1, 0.15) is 5.76 Å². The monoisotopic (exact) mass is 266 g/mol. The third kappa shape index (κ3) is 2.75. The highest BCUT2D eigenvalue weighted by molar-refractivity contribution is 6.78. The first-order chi connectivity index (χ1) is 8.03. The minimum Gasteiger partial charge on any atom is -0.542 e. The van der Waals surface area contributed by atoms with Gasteiger partial charge in [0.25, 0.3) is 8.32 Å². The predicted molar refractivity (Wildman–Crippen MR) is 76.6 cm³/mol. The normalized spacial score (nSPS) is 15.8. The summed E-state index contributed by atoms with van der Waals surface area (Å²) in [4.78, 5) is 0. The van der Waals surface area contributed by atoms with Crippen molar-refractivity contribution in [3.05, 3.63) is 41.0 Å². The summed E-state index contributed by atoms with van der Waals surface area (Å²) >= 11 is 6.00. The second-order valence-electron chi connectivity index (χ2n) is 5.26. The maximum Gasteiger partial charge on any atom is 0.259 e. The van der Waals surface area contributed by atoms with Gasteiger partial charge in [-0.3, -0.25) is 0 Å². The summed E-state index contributed by atoms with van der Waals surface area (Å²) in [6.07, 6.45) is 2.22. The van der Waals surface area contributed by atoms with Crippen LogP contribution in [0, 0.1) is 0 Å². The van der Waals surface area contributed by atoms with E-state index in [9.17, 15) is 0 Å². The summed E-state index contributed by atoms with van der Waals surface area (Å²) in [5.41, 5.74) is 4.65. The molecule has 1 aliphatic rings. The zero-order valence-corrected chi connectivity index (χ0v) is 12.5. The summed E-state index contributed by atoms with van der Waals surface area (Å²) < 4.78 is 6.25. The molecule has 0 saturated carbocycles. The quantitative estimate of drug-likeness (QED) is 0.583. The van der Waals surface area contributed by atoms with E-state index in [-0.39, 0.29) is 0 Å². The molecule has 1 nitrogen and oxygen atoms in total. The van der Waals surface area contributed by atoms with Gasteiger partial charge < -0.3 is 4.43 Å². The molecule has 1 aliphatic carbocycles. The highest BCUT2D eigenvalue weighted by Gasteiger charge is 2.27. The lowest BCUT2D eigenvalue weighted by molar-refractivity contribution is 0.501. The largest absolute Gasteiger partial charge is 0.542 e. The molecule has 0 heterocycles. The van der Waals surface area contributed by atoms with Crippen molar-refractivity contribution in [3.63, 3.8) is 0 Å². The van der Waals surface area contributed by atoms with Gasteiger partial charge in [-0.2, -0.15) is 0 Å². The third-order valence-electron chi connectivity index (χ3n) is 3.12. The van der Waals surface area contributed by atoms with E-state index < -0.39 is 8.32 Å². The van der Waals surface area contributed by atoms with E-state index in [1.807, 2.05) is 0 Å². The van der Waals surface area contributed by atoms with Gasteiger partial charge in [0.2, 0.25) is 0 Å². The van der Waals surface area contributed by atoms with Gasteiger partial charge in [0, 0.05) is 5.56 Å². The standard InChI is InChI=1S/C14H19ClOSi/c1-11-8-9-12-6-4-5-7-13(12)14(11)16-17(2,3)10-15/h4-7H,8-10H2,1-3H3. The number of halogens is 1. The van der Waals surface area contributed by atoms with Crippen molar-refractivity contribution in [1.82, 2.24) is 0 Å². The van der Waals surface area contributed by atoms with Gasteiger partial charge >= 0.3 is 0 Å². The Kier molecular flexibility index (Phi) is 3.64. The number of benzene rings is 1. The molecule has 0 atom stereocenters. The smallest absolute Gasteiger partial charge is 0.259 e. The highest BCUT2D eigenvalue weighted by Crippen LogP contribution is 2.33. The summed E-state index contributed by atoms with van der Waals surface area (Å²) in [6, 6.07) is 8.53. The van der Waals surface area contributed by atoms with Gasteiger partial charge in [0.05, 0.1) is 5.50 Å². The maximum atomic E-state index is 6.25. The average molecular weight is 267 g/mol. The molecule has 92 valence electrons. The molecule has 1 aromatic rings. The van der Waals surface area contributed by atoms with Crippen LogP contribution in [0.1, 0.15) is 24.5 Å². The fraction of sp³-hybridized carbons (Fsp3) is 0.429. The first kappa shape index (κ1) is 12.7. The summed E-state index contributed by atoms with van der Waals surface area (Å²) in [5, 5.41) is 0. The molecule has 17 heavy (non-hydrogen) atoms. The van der Waals surface area contributed by atoms with Crippen LogP contribution in [-0.4, -0.2) is 13.8 Å². The van der Waals surface area contributed by atoms with E-state index in [0.29, 0.717) is 5.50 Å². The summed E-state index contributed by atoms with van der Waals surface area (Å²) in [6.45, 7) is 6.50. The van der Waals surface area contributed by atoms with Crippen LogP contribution in [0.15, 0.2) is 29.8 Å². The van der Waals surface area contributed by atoms with Crippen molar-refractivity contribution in [3.8, 4) is 0 Å². The Morgan fingerprint density at radius 1 is 1.24 bits per heavy atom. The Balaban J connectivity index is 2.38. The number of fused-ring (bicyclic) bond motifs is 1. The van der Waals surface area contributed by atoms with E-state index in [2.05, 4.69) is 44.3 Å². The second kappa shape index (κ2) is 4.87. The van der Waals surface area contributed by atoms with Crippen molar-refractivity contribution in [1.29, 1.82) is 0 Å². The Bertz CT molecular complexity index is 451. The second-order valence-corrected chi connectivity index (χ2v) is 10.1. The zero-order chi connectivity index (χ0) is 12.5. The average Bonchev–Trinajstić information content (AvgIpc) is 2.33. The third-order valence-corrected chi connectivity index (χ3v) is 6.45. The molecule has 0 saturated heterocycles. The first-order valence-corrected chi connectivity index (χ1v) is 9.71. The number of allylic oxidation sites excluding steroid dienone is 1. The molecule has 3 heteroatoms. The Hall–Kier alpha value is -0.733. The summed E-state index contributed by atoms with van der Waals surface area (Å²) in [5.74, 6) is 1.09. The number of rotatable bonds is 3. The van der Waals surface area contributed by atoms with E-state index in [4.69, 9.17) is 16.0 Å². The molecule has 0 bridgehead atoms.